The minimum absolute atomic E-state index is 0.0897. The van der Waals surface area contributed by atoms with E-state index in [0.29, 0.717) is 17.5 Å². The lowest BCUT2D eigenvalue weighted by molar-refractivity contribution is 0.298. The van der Waals surface area contributed by atoms with Gasteiger partial charge in [-0.1, -0.05) is 11.6 Å². The summed E-state index contributed by atoms with van der Waals surface area (Å²) in [5.41, 5.74) is 0. The number of anilines is 1. The molecule has 1 heterocycles. The molecule has 0 unspecified atom stereocenters. The first-order valence-corrected chi connectivity index (χ1v) is 4.88. The van der Waals surface area contributed by atoms with Crippen LogP contribution in [0.15, 0.2) is 12.4 Å². The molecule has 1 N–H and O–H groups in total. The van der Waals surface area contributed by atoms with Gasteiger partial charge in [-0.05, 0) is 13.8 Å². The Labute approximate surface area is 88.6 Å². The van der Waals surface area contributed by atoms with Gasteiger partial charge in [0.2, 0.25) is 0 Å². The van der Waals surface area contributed by atoms with E-state index in [-0.39, 0.29) is 12.6 Å². The van der Waals surface area contributed by atoms with Gasteiger partial charge in [-0.25, -0.2) is 4.98 Å². The van der Waals surface area contributed by atoms with Crippen LogP contribution < -0.4 is 4.90 Å². The molecule has 14 heavy (non-hydrogen) atoms. The van der Waals surface area contributed by atoms with Crippen LogP contribution in [0.2, 0.25) is 5.15 Å². The highest BCUT2D eigenvalue weighted by Crippen LogP contribution is 2.14. The van der Waals surface area contributed by atoms with Crippen molar-refractivity contribution >= 4 is 17.4 Å². The van der Waals surface area contributed by atoms with E-state index in [1.165, 1.54) is 6.20 Å². The van der Waals surface area contributed by atoms with Crippen molar-refractivity contribution in [2.45, 2.75) is 19.9 Å². The number of hydrogen-bond donors (Lipinski definition) is 1. The lowest BCUT2D eigenvalue weighted by atomic mass is 10.3. The summed E-state index contributed by atoms with van der Waals surface area (Å²) in [6.45, 7) is 4.68. The maximum atomic E-state index is 8.89. The lowest BCUT2D eigenvalue weighted by Crippen LogP contribution is -2.34. The highest BCUT2D eigenvalue weighted by atomic mass is 35.5. The first-order valence-electron chi connectivity index (χ1n) is 4.50. The molecule has 4 nitrogen and oxygen atoms in total. The second kappa shape index (κ2) is 5.12. The average molecular weight is 216 g/mol. The smallest absolute Gasteiger partial charge is 0.149 e. The molecule has 0 atom stereocenters. The second-order valence-corrected chi connectivity index (χ2v) is 3.60. The third-order valence-corrected chi connectivity index (χ3v) is 2.03. The van der Waals surface area contributed by atoms with Gasteiger partial charge in [0.1, 0.15) is 11.0 Å². The van der Waals surface area contributed by atoms with Crippen molar-refractivity contribution in [1.29, 1.82) is 0 Å². The molecule has 0 aliphatic carbocycles. The number of aliphatic hydroxyl groups is 1. The molecule has 0 saturated heterocycles. The van der Waals surface area contributed by atoms with Gasteiger partial charge in [0.05, 0.1) is 19.0 Å². The van der Waals surface area contributed by atoms with Gasteiger partial charge >= 0.3 is 0 Å². The fraction of sp³-hybridized carbons (Fsp3) is 0.556. The van der Waals surface area contributed by atoms with Crippen LogP contribution in [0.5, 0.6) is 0 Å². The van der Waals surface area contributed by atoms with Crippen molar-refractivity contribution in [1.82, 2.24) is 9.97 Å². The van der Waals surface area contributed by atoms with Crippen LogP contribution in [0, 0.1) is 0 Å². The molecule has 1 aromatic heterocycles. The fourth-order valence-electron chi connectivity index (χ4n) is 1.22. The standard InChI is InChI=1S/C9H14ClN3O/c1-7(2)13(3-4-14)9-6-11-5-8(10)12-9/h5-7,14H,3-4H2,1-2H3. The van der Waals surface area contributed by atoms with Crippen LogP contribution in [0.3, 0.4) is 0 Å². The maximum absolute atomic E-state index is 8.89. The molecule has 5 heteroatoms. The van der Waals surface area contributed by atoms with Crippen LogP contribution in [0.25, 0.3) is 0 Å². The maximum Gasteiger partial charge on any atom is 0.149 e. The molecule has 0 aliphatic heterocycles. The summed E-state index contributed by atoms with van der Waals surface area (Å²) in [5, 5.41) is 9.26. The van der Waals surface area contributed by atoms with Crippen molar-refractivity contribution in [3.05, 3.63) is 17.5 Å². The molecular weight excluding hydrogens is 202 g/mol. The Balaban J connectivity index is 2.87. The number of halogens is 1. The predicted molar refractivity (Wildman–Crippen MR) is 56.6 cm³/mol. The Morgan fingerprint density at radius 1 is 1.50 bits per heavy atom. The normalized spacial score (nSPS) is 10.6. The van der Waals surface area contributed by atoms with E-state index in [9.17, 15) is 0 Å². The van der Waals surface area contributed by atoms with E-state index >= 15 is 0 Å². The highest BCUT2D eigenvalue weighted by Gasteiger charge is 2.11. The molecule has 0 fully saturated rings. The van der Waals surface area contributed by atoms with E-state index in [1.54, 1.807) is 6.20 Å². The largest absolute Gasteiger partial charge is 0.395 e. The van der Waals surface area contributed by atoms with E-state index in [0.717, 1.165) is 0 Å². The zero-order valence-electron chi connectivity index (χ0n) is 8.31. The third kappa shape index (κ3) is 2.82. The summed E-state index contributed by atoms with van der Waals surface area (Å²) in [5.74, 6) is 0.696. The Kier molecular flexibility index (Phi) is 4.10. The van der Waals surface area contributed by atoms with Gasteiger partial charge in [-0.3, -0.25) is 4.98 Å². The van der Waals surface area contributed by atoms with Crippen molar-refractivity contribution < 1.29 is 5.11 Å². The average Bonchev–Trinajstić information content (AvgIpc) is 2.13. The topological polar surface area (TPSA) is 49.2 Å². The van der Waals surface area contributed by atoms with Crippen LogP contribution in [0.1, 0.15) is 13.8 Å². The van der Waals surface area contributed by atoms with Crippen LogP contribution in [-0.2, 0) is 0 Å². The third-order valence-electron chi connectivity index (χ3n) is 1.85. The van der Waals surface area contributed by atoms with Gasteiger partial charge in [0, 0.05) is 12.6 Å². The van der Waals surface area contributed by atoms with Gasteiger partial charge in [-0.2, -0.15) is 0 Å². The van der Waals surface area contributed by atoms with E-state index in [4.69, 9.17) is 16.7 Å². The molecule has 0 spiro atoms. The predicted octanol–water partition coefficient (Wildman–Crippen LogP) is 1.34. The molecular formula is C9H14ClN3O. The first-order chi connectivity index (χ1) is 6.65. The molecule has 78 valence electrons. The molecule has 0 amide bonds. The fourth-order valence-corrected chi connectivity index (χ4v) is 1.36. The molecule has 1 aromatic rings. The number of aliphatic hydroxyl groups excluding tert-OH is 1. The van der Waals surface area contributed by atoms with Gasteiger partial charge in [0.15, 0.2) is 0 Å². The summed E-state index contributed by atoms with van der Waals surface area (Å²) >= 11 is 5.73. The van der Waals surface area contributed by atoms with E-state index in [2.05, 4.69) is 9.97 Å². The molecule has 0 saturated carbocycles. The van der Waals surface area contributed by atoms with Crippen LogP contribution in [0.4, 0.5) is 5.82 Å². The van der Waals surface area contributed by atoms with Gasteiger partial charge < -0.3 is 10.0 Å². The summed E-state index contributed by atoms with van der Waals surface area (Å²) in [6, 6.07) is 0.259. The summed E-state index contributed by atoms with van der Waals surface area (Å²) in [6.07, 6.45) is 3.13. The Hall–Kier alpha value is -0.870. The molecule has 0 aliphatic rings. The number of hydrogen-bond acceptors (Lipinski definition) is 4. The molecule has 0 bridgehead atoms. The Morgan fingerprint density at radius 2 is 2.21 bits per heavy atom. The molecule has 0 radical (unpaired) electrons. The molecule has 1 rings (SSSR count). The number of nitrogens with zero attached hydrogens (tertiary/aromatic N) is 3. The van der Waals surface area contributed by atoms with Gasteiger partial charge in [-0.15, -0.1) is 0 Å². The minimum atomic E-state index is 0.0897. The minimum Gasteiger partial charge on any atom is -0.395 e. The van der Waals surface area contributed by atoms with Crippen molar-refractivity contribution in [2.75, 3.05) is 18.1 Å². The van der Waals surface area contributed by atoms with Crippen molar-refractivity contribution in [2.24, 2.45) is 0 Å². The summed E-state index contributed by atoms with van der Waals surface area (Å²) in [4.78, 5) is 10.0. The zero-order valence-corrected chi connectivity index (χ0v) is 9.07. The second-order valence-electron chi connectivity index (χ2n) is 3.21. The van der Waals surface area contributed by atoms with Crippen LogP contribution >= 0.6 is 11.6 Å². The zero-order chi connectivity index (χ0) is 10.6. The SMILES string of the molecule is CC(C)N(CCO)c1cncc(Cl)n1. The first kappa shape index (κ1) is 11.2. The Bertz CT molecular complexity index is 293. The summed E-state index contributed by atoms with van der Waals surface area (Å²) in [7, 11) is 0. The van der Waals surface area contributed by atoms with Crippen LogP contribution in [-0.4, -0.2) is 34.3 Å². The van der Waals surface area contributed by atoms with Gasteiger partial charge in [0.25, 0.3) is 0 Å². The van der Waals surface area contributed by atoms with E-state index < -0.39 is 0 Å². The number of aromatic nitrogens is 2. The molecule has 0 aromatic carbocycles. The lowest BCUT2D eigenvalue weighted by Gasteiger charge is -2.26. The monoisotopic (exact) mass is 215 g/mol. The van der Waals surface area contributed by atoms with Crippen molar-refractivity contribution in [3.63, 3.8) is 0 Å². The quantitative estimate of drug-likeness (QED) is 0.824. The van der Waals surface area contributed by atoms with Crippen molar-refractivity contribution in [3.8, 4) is 0 Å². The highest BCUT2D eigenvalue weighted by molar-refractivity contribution is 6.29. The number of rotatable bonds is 4. The Morgan fingerprint density at radius 3 is 2.71 bits per heavy atom. The van der Waals surface area contributed by atoms with E-state index in [1.807, 2.05) is 18.7 Å². The summed E-state index contributed by atoms with van der Waals surface area (Å²) < 4.78 is 0.